The minimum atomic E-state index is -0.897. The summed E-state index contributed by atoms with van der Waals surface area (Å²) in [7, 11) is 0. The van der Waals surface area contributed by atoms with Gasteiger partial charge in [-0.25, -0.2) is 4.98 Å². The lowest BCUT2D eigenvalue weighted by Gasteiger charge is -2.43. The summed E-state index contributed by atoms with van der Waals surface area (Å²) in [6.45, 7) is 4.22. The van der Waals surface area contributed by atoms with Gasteiger partial charge in [-0.3, -0.25) is 9.59 Å². The van der Waals surface area contributed by atoms with Gasteiger partial charge < -0.3 is 14.2 Å². The number of thioether (sulfide) groups is 1. The van der Waals surface area contributed by atoms with Crippen LogP contribution in [-0.2, 0) is 23.8 Å². The summed E-state index contributed by atoms with van der Waals surface area (Å²) < 4.78 is 16.5. The van der Waals surface area contributed by atoms with Gasteiger partial charge in [-0.15, -0.1) is 0 Å². The molecule has 1 fully saturated rings. The Balaban J connectivity index is 2.35. The molecule has 1 aromatic rings. The van der Waals surface area contributed by atoms with Crippen LogP contribution in [0.3, 0.4) is 0 Å². The Morgan fingerprint density at radius 1 is 1.48 bits per heavy atom. The van der Waals surface area contributed by atoms with E-state index < -0.39 is 41.5 Å². The Morgan fingerprint density at radius 2 is 2.21 bits per heavy atom. The molecular formula is C17H18ClN5O5S. The van der Waals surface area contributed by atoms with Crippen LogP contribution in [0.4, 0.5) is 0 Å². The summed E-state index contributed by atoms with van der Waals surface area (Å²) in [5.74, 6) is -1.44. The van der Waals surface area contributed by atoms with E-state index in [-0.39, 0.29) is 17.3 Å². The number of aromatic nitrogens is 1. The number of rotatable bonds is 6. The average Bonchev–Trinajstić information content (AvgIpc) is 2.65. The SMILES string of the molecule is CC(=O)OCC1O[C@H](Sc2cnc(C#N)c(Cl)c2)[C@@H](OC(C)=O)C(N=[N+]=[N-])[C@H]1C. The molecule has 2 heterocycles. The quantitative estimate of drug-likeness (QED) is 0.284. The molecule has 0 aliphatic carbocycles. The van der Waals surface area contributed by atoms with E-state index in [1.807, 2.05) is 6.07 Å². The molecule has 0 radical (unpaired) electrons. The van der Waals surface area contributed by atoms with E-state index in [2.05, 4.69) is 15.0 Å². The summed E-state index contributed by atoms with van der Waals surface area (Å²) in [4.78, 5) is 30.2. The molecular weight excluding hydrogens is 422 g/mol. The van der Waals surface area contributed by atoms with Crippen LogP contribution in [0.25, 0.3) is 10.4 Å². The molecule has 12 heteroatoms. The maximum absolute atomic E-state index is 11.6. The van der Waals surface area contributed by atoms with Crippen molar-refractivity contribution in [2.75, 3.05) is 6.61 Å². The molecule has 0 saturated carbocycles. The third-order valence-electron chi connectivity index (χ3n) is 4.15. The van der Waals surface area contributed by atoms with Gasteiger partial charge in [0.05, 0.1) is 17.2 Å². The molecule has 0 spiro atoms. The van der Waals surface area contributed by atoms with Gasteiger partial charge in [-0.1, -0.05) is 35.4 Å². The Bertz CT molecular complexity index is 872. The number of nitrogens with zero attached hydrogens (tertiary/aromatic N) is 5. The first-order valence-corrected chi connectivity index (χ1v) is 9.75. The molecule has 5 atom stereocenters. The van der Waals surface area contributed by atoms with E-state index in [4.69, 9.17) is 36.6 Å². The van der Waals surface area contributed by atoms with Crippen LogP contribution >= 0.6 is 23.4 Å². The number of azide groups is 1. The summed E-state index contributed by atoms with van der Waals surface area (Å²) in [6, 6.07) is 2.65. The fraction of sp³-hybridized carbons (Fsp3) is 0.529. The second-order valence-electron chi connectivity index (χ2n) is 6.21. The van der Waals surface area contributed by atoms with Crippen molar-refractivity contribution >= 4 is 35.3 Å². The molecule has 1 aliphatic rings. The summed E-state index contributed by atoms with van der Waals surface area (Å²) in [5.41, 5.74) is 8.27. The van der Waals surface area contributed by atoms with Crippen LogP contribution in [-0.4, -0.2) is 47.2 Å². The first-order chi connectivity index (χ1) is 13.8. The van der Waals surface area contributed by atoms with Crippen LogP contribution < -0.4 is 0 Å². The van der Waals surface area contributed by atoms with Gasteiger partial charge in [0.1, 0.15) is 24.2 Å². The van der Waals surface area contributed by atoms with Gasteiger partial charge in [0, 0.05) is 29.9 Å². The van der Waals surface area contributed by atoms with E-state index in [0.717, 1.165) is 11.8 Å². The van der Waals surface area contributed by atoms with Gasteiger partial charge in [0.15, 0.2) is 5.69 Å². The van der Waals surface area contributed by atoms with Crippen LogP contribution in [0.2, 0.25) is 5.02 Å². The third kappa shape index (κ3) is 5.98. The average molecular weight is 440 g/mol. The molecule has 29 heavy (non-hydrogen) atoms. The third-order valence-corrected chi connectivity index (χ3v) is 5.55. The zero-order valence-electron chi connectivity index (χ0n) is 15.8. The molecule has 2 unspecified atom stereocenters. The van der Waals surface area contributed by atoms with Crippen molar-refractivity contribution in [3.8, 4) is 6.07 Å². The molecule has 0 bridgehead atoms. The second-order valence-corrected chi connectivity index (χ2v) is 7.78. The highest BCUT2D eigenvalue weighted by atomic mass is 35.5. The number of esters is 2. The molecule has 2 rings (SSSR count). The number of pyridine rings is 1. The van der Waals surface area contributed by atoms with Gasteiger partial charge in [-0.05, 0) is 17.5 Å². The van der Waals surface area contributed by atoms with Crippen molar-refractivity contribution < 1.29 is 23.8 Å². The van der Waals surface area contributed by atoms with Crippen LogP contribution in [0.5, 0.6) is 0 Å². The largest absolute Gasteiger partial charge is 0.463 e. The van der Waals surface area contributed by atoms with Gasteiger partial charge in [-0.2, -0.15) is 5.26 Å². The number of nitriles is 1. The normalized spacial score (nSPS) is 26.0. The maximum atomic E-state index is 11.6. The molecule has 0 amide bonds. The number of halogens is 1. The van der Waals surface area contributed by atoms with E-state index >= 15 is 0 Å². The highest BCUT2D eigenvalue weighted by Gasteiger charge is 2.46. The van der Waals surface area contributed by atoms with E-state index in [9.17, 15) is 9.59 Å². The molecule has 1 aromatic heterocycles. The van der Waals surface area contributed by atoms with Crippen molar-refractivity contribution in [3.05, 3.63) is 33.4 Å². The Labute approximate surface area is 176 Å². The number of carbonyl (C=O) groups is 2. The molecule has 0 N–H and O–H groups in total. The van der Waals surface area contributed by atoms with Crippen molar-refractivity contribution in [2.24, 2.45) is 11.0 Å². The number of hydrogen-bond donors (Lipinski definition) is 0. The summed E-state index contributed by atoms with van der Waals surface area (Å²) in [5, 5.41) is 12.9. The van der Waals surface area contributed by atoms with Gasteiger partial charge >= 0.3 is 11.9 Å². The lowest BCUT2D eigenvalue weighted by atomic mass is 9.89. The maximum Gasteiger partial charge on any atom is 0.303 e. The van der Waals surface area contributed by atoms with Crippen molar-refractivity contribution in [2.45, 2.75) is 49.4 Å². The van der Waals surface area contributed by atoms with E-state index in [1.54, 1.807) is 6.92 Å². The fourth-order valence-electron chi connectivity index (χ4n) is 2.79. The molecule has 154 valence electrons. The van der Waals surface area contributed by atoms with E-state index in [1.165, 1.54) is 26.1 Å². The Kier molecular flexibility index (Phi) is 8.10. The van der Waals surface area contributed by atoms with Crippen molar-refractivity contribution in [1.29, 1.82) is 5.26 Å². The highest BCUT2D eigenvalue weighted by molar-refractivity contribution is 7.99. The van der Waals surface area contributed by atoms with Gasteiger partial charge in [0.2, 0.25) is 0 Å². The number of ether oxygens (including phenoxy) is 3. The summed E-state index contributed by atoms with van der Waals surface area (Å²) in [6.07, 6.45) is -0.0581. The van der Waals surface area contributed by atoms with Crippen molar-refractivity contribution in [3.63, 3.8) is 0 Å². The van der Waals surface area contributed by atoms with Gasteiger partial charge in [0.25, 0.3) is 0 Å². The first-order valence-electron chi connectivity index (χ1n) is 8.49. The predicted molar refractivity (Wildman–Crippen MR) is 103 cm³/mol. The second kappa shape index (κ2) is 10.3. The van der Waals surface area contributed by atoms with Crippen molar-refractivity contribution in [1.82, 2.24) is 4.98 Å². The Morgan fingerprint density at radius 3 is 2.76 bits per heavy atom. The topological polar surface area (TPSA) is 147 Å². The smallest absolute Gasteiger partial charge is 0.303 e. The zero-order valence-corrected chi connectivity index (χ0v) is 17.4. The molecule has 1 aliphatic heterocycles. The number of hydrogen-bond acceptors (Lipinski definition) is 9. The Hall–Kier alpha value is -2.51. The fourth-order valence-corrected chi connectivity index (χ4v) is 4.18. The van der Waals surface area contributed by atoms with E-state index in [0.29, 0.717) is 4.90 Å². The molecule has 10 nitrogen and oxygen atoms in total. The lowest BCUT2D eigenvalue weighted by Crippen LogP contribution is -2.54. The standard InChI is InChI=1S/C17H18ClN5O5S/c1-8-14(7-26-9(2)24)28-17(16(27-10(3)25)15(8)22-23-20)29-11-4-12(18)13(5-19)21-6-11/h4,6,8,14-17H,7H2,1-3H3/t8-,14?,15?,16-,17+/m0/s1. The molecule has 1 saturated heterocycles. The minimum Gasteiger partial charge on any atom is -0.463 e. The number of carbonyl (C=O) groups excluding carboxylic acids is 2. The van der Waals surface area contributed by atoms with Crippen LogP contribution in [0, 0.1) is 17.2 Å². The predicted octanol–water partition coefficient (Wildman–Crippen LogP) is 3.23. The van der Waals surface area contributed by atoms with Crippen LogP contribution in [0.1, 0.15) is 26.5 Å². The first kappa shape index (κ1) is 22.8. The lowest BCUT2D eigenvalue weighted by molar-refractivity contribution is -0.176. The summed E-state index contributed by atoms with van der Waals surface area (Å²) >= 11 is 7.17. The zero-order chi connectivity index (χ0) is 21.6. The minimum absolute atomic E-state index is 0.0514. The highest BCUT2D eigenvalue weighted by Crippen LogP contribution is 2.39. The van der Waals surface area contributed by atoms with Crippen LogP contribution in [0.15, 0.2) is 22.3 Å². The monoisotopic (exact) mass is 439 g/mol. The molecule has 0 aromatic carbocycles.